The van der Waals surface area contributed by atoms with Gasteiger partial charge in [-0.25, -0.2) is 0 Å². The van der Waals surface area contributed by atoms with Gasteiger partial charge in [-0.2, -0.15) is 0 Å². The van der Waals surface area contributed by atoms with Crippen LogP contribution in [0, 0.1) is 5.92 Å². The van der Waals surface area contributed by atoms with Crippen LogP contribution in [-0.4, -0.2) is 48.6 Å². The lowest BCUT2D eigenvalue weighted by molar-refractivity contribution is -0.161. The molecular weight excluding hydrogens is 600 g/mol. The van der Waals surface area contributed by atoms with Crippen molar-refractivity contribution in [3.63, 3.8) is 0 Å². The number of allylic oxidation sites excluding steroid dienone is 4. The van der Waals surface area contributed by atoms with Crippen molar-refractivity contribution >= 4 is 11.9 Å². The number of carbonyl (C=O) groups is 2. The monoisotopic (exact) mass is 675 g/mol. The largest absolute Gasteiger partial charge is 0.462 e. The summed E-state index contributed by atoms with van der Waals surface area (Å²) in [6.45, 7) is 6.40. The molecule has 0 aromatic carbocycles. The molecular formula is C42H74O6. The third-order valence-electron chi connectivity index (χ3n) is 9.02. The molecule has 1 aliphatic rings. The molecule has 6 heteroatoms. The average molecular weight is 675 g/mol. The molecule has 1 saturated heterocycles. The minimum absolute atomic E-state index is 0.0896. The number of ether oxygens (including phenoxy) is 3. The normalized spacial score (nSPS) is 16.9. The number of aliphatic hydroxyl groups excluding tert-OH is 1. The number of epoxide rings is 1. The maximum Gasteiger partial charge on any atom is 0.306 e. The number of aliphatic hydroxyl groups is 1. The molecule has 0 bridgehead atoms. The fourth-order valence-electron chi connectivity index (χ4n) is 5.83. The zero-order valence-corrected chi connectivity index (χ0v) is 31.4. The van der Waals surface area contributed by atoms with Crippen LogP contribution in [0.15, 0.2) is 36.5 Å². The van der Waals surface area contributed by atoms with Crippen LogP contribution < -0.4 is 0 Å². The molecule has 3 atom stereocenters. The molecule has 278 valence electrons. The van der Waals surface area contributed by atoms with Crippen LogP contribution in [-0.2, 0) is 23.8 Å². The van der Waals surface area contributed by atoms with Gasteiger partial charge in [0.1, 0.15) is 6.61 Å². The van der Waals surface area contributed by atoms with Crippen LogP contribution >= 0.6 is 0 Å². The lowest BCUT2D eigenvalue weighted by Crippen LogP contribution is -2.28. The van der Waals surface area contributed by atoms with Gasteiger partial charge in [0, 0.05) is 12.8 Å². The summed E-state index contributed by atoms with van der Waals surface area (Å²) < 4.78 is 16.3. The quantitative estimate of drug-likeness (QED) is 0.0316. The number of carbonyl (C=O) groups excluding carboxylic acids is 2. The van der Waals surface area contributed by atoms with Crippen molar-refractivity contribution in [1.29, 1.82) is 0 Å². The summed E-state index contributed by atoms with van der Waals surface area (Å²) >= 11 is 0. The predicted octanol–water partition coefficient (Wildman–Crippen LogP) is 11.3. The predicted molar refractivity (Wildman–Crippen MR) is 200 cm³/mol. The van der Waals surface area contributed by atoms with Gasteiger partial charge < -0.3 is 19.3 Å². The van der Waals surface area contributed by atoms with Crippen molar-refractivity contribution in [2.45, 2.75) is 200 Å². The van der Waals surface area contributed by atoms with E-state index in [1.807, 2.05) is 0 Å². The minimum atomic E-state index is -0.802. The van der Waals surface area contributed by atoms with Crippen LogP contribution in [0.2, 0.25) is 0 Å². The average Bonchev–Trinajstić information content (AvgIpc) is 3.83. The molecule has 0 saturated carbocycles. The molecule has 0 radical (unpaired) electrons. The van der Waals surface area contributed by atoms with Gasteiger partial charge in [-0.1, -0.05) is 154 Å². The topological polar surface area (TPSA) is 85.4 Å². The van der Waals surface area contributed by atoms with Gasteiger partial charge in [0.25, 0.3) is 0 Å². The van der Waals surface area contributed by atoms with Crippen LogP contribution in [0.3, 0.4) is 0 Å². The van der Waals surface area contributed by atoms with Crippen molar-refractivity contribution in [3.8, 4) is 0 Å². The first-order valence-corrected chi connectivity index (χ1v) is 20.0. The molecule has 1 rings (SSSR count). The Morgan fingerprint density at radius 1 is 0.646 bits per heavy atom. The molecule has 0 aromatic heterocycles. The Labute approximate surface area is 295 Å². The number of rotatable bonds is 34. The first kappa shape index (κ1) is 44.1. The Hall–Kier alpha value is -1.92. The zero-order valence-electron chi connectivity index (χ0n) is 31.4. The van der Waals surface area contributed by atoms with Crippen LogP contribution in [0.4, 0.5) is 0 Å². The second-order valence-corrected chi connectivity index (χ2v) is 14.2. The van der Waals surface area contributed by atoms with Crippen molar-refractivity contribution in [2.24, 2.45) is 5.92 Å². The summed E-state index contributed by atoms with van der Waals surface area (Å²) in [7, 11) is 0. The second kappa shape index (κ2) is 32.3. The number of esters is 2. The molecule has 0 amide bonds. The highest BCUT2D eigenvalue weighted by atomic mass is 16.6. The standard InChI is InChI=1S/C42H74O6/c1-4-5-6-7-21-26-31-39-40(48-39)32-27-22-17-15-19-24-29-34-42(45)47-38(35-43)36-46-41(44)33-28-23-18-14-12-10-8-9-11-13-16-20-25-30-37(2)3/h15,19,21-22,26-27,37-40,43H,4-14,16-18,20,23-25,28-36H2,1-3H3/b19-15-,26-21-,27-22-/t38-,39?,40?/m0/s1. The Morgan fingerprint density at radius 3 is 1.77 bits per heavy atom. The lowest BCUT2D eigenvalue weighted by Gasteiger charge is -2.15. The van der Waals surface area contributed by atoms with E-state index < -0.39 is 6.10 Å². The van der Waals surface area contributed by atoms with Gasteiger partial charge in [0.15, 0.2) is 6.10 Å². The maximum atomic E-state index is 12.2. The highest BCUT2D eigenvalue weighted by Crippen LogP contribution is 2.29. The van der Waals surface area contributed by atoms with E-state index in [9.17, 15) is 14.7 Å². The van der Waals surface area contributed by atoms with Gasteiger partial charge in [-0.3, -0.25) is 9.59 Å². The van der Waals surface area contributed by atoms with E-state index in [4.69, 9.17) is 14.2 Å². The Kier molecular flexibility index (Phi) is 29.7. The van der Waals surface area contributed by atoms with Gasteiger partial charge >= 0.3 is 11.9 Å². The van der Waals surface area contributed by atoms with Gasteiger partial charge in [-0.15, -0.1) is 0 Å². The van der Waals surface area contributed by atoms with Crippen LogP contribution in [0.5, 0.6) is 0 Å². The molecule has 6 nitrogen and oxygen atoms in total. The molecule has 1 aliphatic heterocycles. The van der Waals surface area contributed by atoms with E-state index in [-0.39, 0.29) is 31.6 Å². The molecule has 1 fully saturated rings. The van der Waals surface area contributed by atoms with Gasteiger partial charge in [0.2, 0.25) is 0 Å². The smallest absolute Gasteiger partial charge is 0.306 e. The third-order valence-corrected chi connectivity index (χ3v) is 9.02. The van der Waals surface area contributed by atoms with Crippen molar-refractivity contribution in [3.05, 3.63) is 36.5 Å². The fourth-order valence-corrected chi connectivity index (χ4v) is 5.83. The van der Waals surface area contributed by atoms with E-state index in [0.29, 0.717) is 25.0 Å². The molecule has 0 spiro atoms. The van der Waals surface area contributed by atoms with Gasteiger partial charge in [0.05, 0.1) is 18.8 Å². The highest BCUT2D eigenvalue weighted by Gasteiger charge is 2.35. The summed E-state index contributed by atoms with van der Waals surface area (Å²) in [6.07, 6.45) is 41.0. The molecule has 0 aliphatic carbocycles. The second-order valence-electron chi connectivity index (χ2n) is 14.2. The van der Waals surface area contributed by atoms with Crippen LogP contribution in [0.25, 0.3) is 0 Å². The summed E-state index contributed by atoms with van der Waals surface area (Å²) in [5.74, 6) is 0.182. The van der Waals surface area contributed by atoms with Crippen molar-refractivity contribution in [1.82, 2.24) is 0 Å². The first-order chi connectivity index (χ1) is 23.5. The molecule has 0 aromatic rings. The first-order valence-electron chi connectivity index (χ1n) is 20.0. The minimum Gasteiger partial charge on any atom is -0.462 e. The number of hydrogen-bond donors (Lipinski definition) is 1. The fraction of sp³-hybridized carbons (Fsp3) is 0.810. The van der Waals surface area contributed by atoms with Gasteiger partial charge in [-0.05, 0) is 57.3 Å². The van der Waals surface area contributed by atoms with Crippen molar-refractivity contribution in [2.75, 3.05) is 13.2 Å². The third kappa shape index (κ3) is 29.0. The van der Waals surface area contributed by atoms with E-state index in [1.54, 1.807) is 0 Å². The number of unbranched alkanes of at least 4 members (excludes halogenated alkanes) is 16. The molecule has 1 N–H and O–H groups in total. The SMILES string of the molecule is CCCCC/C=C\CC1OC1C/C=C\C/C=C\CCCC(=O)O[C@@H](CO)COC(=O)CCCCCCCCCCCCCCCC(C)C. The summed E-state index contributed by atoms with van der Waals surface area (Å²) in [4.78, 5) is 24.3. The maximum absolute atomic E-state index is 12.2. The molecule has 48 heavy (non-hydrogen) atoms. The van der Waals surface area contributed by atoms with E-state index in [0.717, 1.165) is 50.9 Å². The highest BCUT2D eigenvalue weighted by molar-refractivity contribution is 5.70. The molecule has 1 heterocycles. The Morgan fingerprint density at radius 2 is 1.17 bits per heavy atom. The van der Waals surface area contributed by atoms with E-state index in [2.05, 4.69) is 57.2 Å². The van der Waals surface area contributed by atoms with E-state index >= 15 is 0 Å². The summed E-state index contributed by atoms with van der Waals surface area (Å²) in [5, 5.41) is 9.56. The van der Waals surface area contributed by atoms with Crippen molar-refractivity contribution < 1.29 is 28.9 Å². The Balaban J connectivity index is 1.92. The van der Waals surface area contributed by atoms with Crippen LogP contribution in [0.1, 0.15) is 181 Å². The van der Waals surface area contributed by atoms with E-state index in [1.165, 1.54) is 96.3 Å². The summed E-state index contributed by atoms with van der Waals surface area (Å²) in [6, 6.07) is 0. The number of hydrogen-bond acceptors (Lipinski definition) is 6. The lowest BCUT2D eigenvalue weighted by atomic mass is 10.0. The zero-order chi connectivity index (χ0) is 34.9. The summed E-state index contributed by atoms with van der Waals surface area (Å²) in [5.41, 5.74) is 0. The Bertz CT molecular complexity index is 847. The molecule has 2 unspecified atom stereocenters.